The maximum Gasteiger partial charge on any atom is 0.490 e. The fourth-order valence-electron chi connectivity index (χ4n) is 4.68. The molecule has 1 atom stereocenters. The van der Waals surface area contributed by atoms with Crippen LogP contribution in [0.2, 0.25) is 5.02 Å². The minimum absolute atomic E-state index is 0.387. The highest BCUT2D eigenvalue weighted by atomic mass is 35.5. The molecule has 1 unspecified atom stereocenters. The summed E-state index contributed by atoms with van der Waals surface area (Å²) in [5.74, 6) is -3.28. The molecule has 2 heterocycles. The van der Waals surface area contributed by atoms with Gasteiger partial charge in [-0.25, -0.2) is 9.59 Å². The van der Waals surface area contributed by atoms with E-state index in [0.717, 1.165) is 54.7 Å². The highest BCUT2D eigenvalue weighted by Gasteiger charge is 2.39. The zero-order valence-corrected chi connectivity index (χ0v) is 25.4. The number of furan rings is 1. The van der Waals surface area contributed by atoms with E-state index in [1.807, 2.05) is 30.3 Å². The summed E-state index contributed by atoms with van der Waals surface area (Å²) in [4.78, 5) is 20.4. The van der Waals surface area contributed by atoms with E-state index in [1.165, 1.54) is 11.1 Å². The topological polar surface area (TPSA) is 103 Å². The lowest BCUT2D eigenvalue weighted by molar-refractivity contribution is -0.193. The molecule has 14 heteroatoms. The first-order chi connectivity index (χ1) is 22.1. The largest absolute Gasteiger partial charge is 0.490 e. The van der Waals surface area contributed by atoms with Crippen LogP contribution in [-0.2, 0) is 16.1 Å². The Morgan fingerprint density at radius 3 is 1.77 bits per heavy atom. The Bertz CT molecular complexity index is 1480. The van der Waals surface area contributed by atoms with Crippen LogP contribution in [0.25, 0.3) is 11.3 Å². The molecule has 1 saturated heterocycles. The van der Waals surface area contributed by atoms with Gasteiger partial charge < -0.3 is 24.8 Å². The summed E-state index contributed by atoms with van der Waals surface area (Å²) in [6.07, 6.45) is -9.01. The second kappa shape index (κ2) is 17.0. The predicted octanol–water partition coefficient (Wildman–Crippen LogP) is 7.86. The number of halogens is 7. The van der Waals surface area contributed by atoms with Crippen molar-refractivity contribution in [1.29, 1.82) is 0 Å². The lowest BCUT2D eigenvalue weighted by Gasteiger charge is -2.25. The van der Waals surface area contributed by atoms with Gasteiger partial charge in [-0.15, -0.1) is 0 Å². The minimum atomic E-state index is -5.08. The van der Waals surface area contributed by atoms with Gasteiger partial charge in [-0.3, -0.25) is 0 Å². The van der Waals surface area contributed by atoms with Crippen LogP contribution in [0.5, 0.6) is 0 Å². The molecule has 252 valence electrons. The molecule has 3 N–H and O–H groups in total. The number of rotatable bonds is 8. The van der Waals surface area contributed by atoms with Crippen LogP contribution in [0.15, 0.2) is 101 Å². The highest BCUT2D eigenvalue weighted by molar-refractivity contribution is 6.30. The van der Waals surface area contributed by atoms with Crippen molar-refractivity contribution >= 4 is 23.5 Å². The number of nitrogens with zero attached hydrogens (tertiary/aromatic N) is 1. The van der Waals surface area contributed by atoms with Crippen LogP contribution in [0.3, 0.4) is 0 Å². The first-order valence-corrected chi connectivity index (χ1v) is 14.5. The Hall–Kier alpha value is -4.33. The van der Waals surface area contributed by atoms with E-state index in [2.05, 4.69) is 76.9 Å². The van der Waals surface area contributed by atoms with Crippen LogP contribution < -0.4 is 5.32 Å². The number of alkyl halides is 6. The SMILES string of the molecule is Clc1ccc(-c2ccc(CNC3CCN(CC(c4ccccc4)c4ccccc4)C3)o2)cc1.O=C(O)C(F)(F)F.O=C(O)C(F)(F)F. The second-order valence-corrected chi connectivity index (χ2v) is 10.8. The molecule has 0 spiro atoms. The van der Waals surface area contributed by atoms with Gasteiger partial charge in [0, 0.05) is 35.6 Å². The molecule has 0 radical (unpaired) electrons. The summed E-state index contributed by atoms with van der Waals surface area (Å²) in [7, 11) is 0. The number of carboxylic acids is 2. The Morgan fingerprint density at radius 1 is 0.809 bits per heavy atom. The number of likely N-dealkylation sites (tertiary alicyclic amines) is 1. The molecule has 1 fully saturated rings. The molecule has 1 aliphatic heterocycles. The Balaban J connectivity index is 0.000000360. The summed E-state index contributed by atoms with van der Waals surface area (Å²) < 4.78 is 69.5. The average molecular weight is 685 g/mol. The molecule has 0 aliphatic carbocycles. The molecule has 0 saturated carbocycles. The van der Waals surface area contributed by atoms with Crippen LogP contribution in [0.1, 0.15) is 29.2 Å². The van der Waals surface area contributed by atoms with Gasteiger partial charge in [0.1, 0.15) is 11.5 Å². The molecular weight excluding hydrogens is 654 g/mol. The molecule has 47 heavy (non-hydrogen) atoms. The third-order valence-electron chi connectivity index (χ3n) is 6.96. The van der Waals surface area contributed by atoms with Crippen LogP contribution in [0, 0.1) is 0 Å². The fraction of sp³-hybridized carbons (Fsp3) is 0.273. The summed E-state index contributed by atoms with van der Waals surface area (Å²) in [6, 6.07) is 34.1. The summed E-state index contributed by atoms with van der Waals surface area (Å²) in [5, 5.41) is 18.7. The standard InChI is InChI=1S/C29H29ClN2O.2C2HF3O2/c30-25-13-11-24(12-14-25)29-16-15-27(33-29)19-31-26-17-18-32(20-26)21-28(22-7-3-1-4-8-22)23-9-5-2-6-10-23;2*3-2(4,5)1(6)7/h1-16,26,28,31H,17-21H2;2*(H,6,7). The average Bonchev–Trinajstić information content (AvgIpc) is 3.69. The van der Waals surface area contributed by atoms with Crippen molar-refractivity contribution in [1.82, 2.24) is 10.2 Å². The number of aliphatic carboxylic acids is 2. The molecule has 4 aromatic rings. The Labute approximate surface area is 271 Å². The lowest BCUT2D eigenvalue weighted by atomic mass is 9.91. The smallest absolute Gasteiger partial charge is 0.475 e. The zero-order valence-electron chi connectivity index (χ0n) is 24.6. The van der Waals surface area contributed by atoms with Crippen molar-refractivity contribution in [3.05, 3.63) is 119 Å². The van der Waals surface area contributed by atoms with Crippen LogP contribution in [0.4, 0.5) is 26.3 Å². The van der Waals surface area contributed by atoms with Gasteiger partial charge in [-0.1, -0.05) is 72.3 Å². The van der Waals surface area contributed by atoms with Gasteiger partial charge in [0.25, 0.3) is 0 Å². The van der Waals surface area contributed by atoms with E-state index in [-0.39, 0.29) is 0 Å². The van der Waals surface area contributed by atoms with Crippen molar-refractivity contribution in [2.45, 2.75) is 37.3 Å². The molecular formula is C33H31ClF6N2O5. The summed E-state index contributed by atoms with van der Waals surface area (Å²) in [5.41, 5.74) is 3.81. The second-order valence-electron chi connectivity index (χ2n) is 10.4. The molecule has 0 amide bonds. The monoisotopic (exact) mass is 684 g/mol. The van der Waals surface area contributed by atoms with Crippen molar-refractivity contribution < 1.29 is 50.6 Å². The minimum Gasteiger partial charge on any atom is -0.475 e. The van der Waals surface area contributed by atoms with Crippen molar-refractivity contribution in [3.63, 3.8) is 0 Å². The maximum absolute atomic E-state index is 10.6. The van der Waals surface area contributed by atoms with Crippen molar-refractivity contribution in [2.24, 2.45) is 0 Å². The van der Waals surface area contributed by atoms with Gasteiger partial charge in [0.2, 0.25) is 0 Å². The van der Waals surface area contributed by atoms with Crippen molar-refractivity contribution in [2.75, 3.05) is 19.6 Å². The third kappa shape index (κ3) is 12.4. The first kappa shape index (κ1) is 37.1. The molecule has 5 rings (SSSR count). The quantitative estimate of drug-likeness (QED) is 0.162. The summed E-state index contributed by atoms with van der Waals surface area (Å²) in [6.45, 7) is 3.95. The van der Waals surface area contributed by atoms with Gasteiger partial charge >= 0.3 is 24.3 Å². The number of hydrogen-bond donors (Lipinski definition) is 3. The number of hydrogen-bond acceptors (Lipinski definition) is 5. The molecule has 0 bridgehead atoms. The number of nitrogens with one attached hydrogen (secondary N) is 1. The number of carbonyl (C=O) groups is 2. The van der Waals surface area contributed by atoms with E-state index < -0.39 is 24.3 Å². The Morgan fingerprint density at radius 2 is 1.30 bits per heavy atom. The third-order valence-corrected chi connectivity index (χ3v) is 7.21. The highest BCUT2D eigenvalue weighted by Crippen LogP contribution is 2.28. The van der Waals surface area contributed by atoms with E-state index in [4.69, 9.17) is 35.8 Å². The maximum atomic E-state index is 10.6. The molecule has 1 aliphatic rings. The fourth-order valence-corrected chi connectivity index (χ4v) is 4.81. The van der Waals surface area contributed by atoms with E-state index in [0.29, 0.717) is 12.0 Å². The summed E-state index contributed by atoms with van der Waals surface area (Å²) >= 11 is 5.99. The molecule has 7 nitrogen and oxygen atoms in total. The molecule has 3 aromatic carbocycles. The molecule has 1 aromatic heterocycles. The van der Waals surface area contributed by atoms with Gasteiger partial charge in [0.05, 0.1) is 6.54 Å². The number of benzene rings is 3. The van der Waals surface area contributed by atoms with Crippen molar-refractivity contribution in [3.8, 4) is 11.3 Å². The predicted molar refractivity (Wildman–Crippen MR) is 163 cm³/mol. The zero-order chi connectivity index (χ0) is 34.6. The van der Waals surface area contributed by atoms with E-state index in [1.54, 1.807) is 0 Å². The van der Waals surface area contributed by atoms with E-state index >= 15 is 0 Å². The first-order valence-electron chi connectivity index (χ1n) is 14.1. The normalized spacial score (nSPS) is 14.9. The van der Waals surface area contributed by atoms with Gasteiger partial charge in [0.15, 0.2) is 0 Å². The van der Waals surface area contributed by atoms with E-state index in [9.17, 15) is 26.3 Å². The number of carboxylic acid groups (broad SMARTS) is 2. The van der Waals surface area contributed by atoms with Crippen LogP contribution >= 0.6 is 11.6 Å². The van der Waals surface area contributed by atoms with Gasteiger partial charge in [-0.2, -0.15) is 26.3 Å². The van der Waals surface area contributed by atoms with Gasteiger partial charge in [-0.05, 0) is 60.5 Å². The van der Waals surface area contributed by atoms with Crippen LogP contribution in [-0.4, -0.2) is 65.1 Å². The lowest BCUT2D eigenvalue weighted by Crippen LogP contribution is -2.33. The Kier molecular flexibility index (Phi) is 13.4.